The van der Waals surface area contributed by atoms with Crippen molar-refractivity contribution >= 4 is 0 Å². The molecule has 2 nitrogen and oxygen atoms in total. The second-order valence-electron chi connectivity index (χ2n) is 2.81. The molecule has 1 rings (SSSR count). The zero-order valence-corrected chi connectivity index (χ0v) is 7.66. The molecular formula is C10H9F3O2. The molecule has 1 aromatic carbocycles. The Hall–Kier alpha value is -1.49. The van der Waals surface area contributed by atoms with E-state index in [-0.39, 0.29) is 12.9 Å². The molecule has 0 saturated carbocycles. The van der Waals surface area contributed by atoms with Gasteiger partial charge in [-0.1, -0.05) is 12.1 Å². The van der Waals surface area contributed by atoms with E-state index < -0.39 is 18.0 Å². The SMILES string of the molecule is OC(COC=C(F)F)c1ccc(F)cc1. The van der Waals surface area contributed by atoms with Gasteiger partial charge in [-0.2, -0.15) is 8.78 Å². The molecule has 0 aliphatic heterocycles. The number of hydrogen-bond acceptors (Lipinski definition) is 2. The molecule has 0 saturated heterocycles. The Morgan fingerprint density at radius 3 is 2.47 bits per heavy atom. The molecule has 0 radical (unpaired) electrons. The van der Waals surface area contributed by atoms with Crippen LogP contribution in [-0.2, 0) is 4.74 Å². The first-order valence-electron chi connectivity index (χ1n) is 4.16. The molecule has 0 aliphatic carbocycles. The van der Waals surface area contributed by atoms with E-state index in [9.17, 15) is 18.3 Å². The third-order valence-corrected chi connectivity index (χ3v) is 1.68. The fourth-order valence-corrected chi connectivity index (χ4v) is 0.983. The van der Waals surface area contributed by atoms with E-state index in [4.69, 9.17) is 0 Å². The summed E-state index contributed by atoms with van der Waals surface area (Å²) in [6.45, 7) is -0.303. The highest BCUT2D eigenvalue weighted by atomic mass is 19.3. The monoisotopic (exact) mass is 218 g/mol. The molecule has 0 spiro atoms. The Morgan fingerprint density at radius 2 is 1.93 bits per heavy atom. The smallest absolute Gasteiger partial charge is 0.304 e. The van der Waals surface area contributed by atoms with Gasteiger partial charge in [0.15, 0.2) is 0 Å². The van der Waals surface area contributed by atoms with Crippen molar-refractivity contribution in [1.29, 1.82) is 0 Å². The van der Waals surface area contributed by atoms with Crippen molar-refractivity contribution in [1.82, 2.24) is 0 Å². The Morgan fingerprint density at radius 1 is 1.33 bits per heavy atom. The van der Waals surface area contributed by atoms with Crippen LogP contribution in [-0.4, -0.2) is 11.7 Å². The molecule has 0 amide bonds. The van der Waals surface area contributed by atoms with Crippen molar-refractivity contribution in [2.75, 3.05) is 6.61 Å². The number of rotatable bonds is 4. The van der Waals surface area contributed by atoms with Crippen molar-refractivity contribution in [3.05, 3.63) is 48.0 Å². The number of benzene rings is 1. The Bertz CT molecular complexity index is 331. The van der Waals surface area contributed by atoms with Crippen LogP contribution in [0.15, 0.2) is 36.6 Å². The first kappa shape index (κ1) is 11.6. The summed E-state index contributed by atoms with van der Waals surface area (Å²) in [6.07, 6.45) is -2.77. The minimum atomic E-state index is -1.97. The Labute approximate surface area is 84.6 Å². The third-order valence-electron chi connectivity index (χ3n) is 1.68. The maximum atomic E-state index is 12.5. The van der Waals surface area contributed by atoms with Crippen molar-refractivity contribution in [2.24, 2.45) is 0 Å². The van der Waals surface area contributed by atoms with E-state index >= 15 is 0 Å². The molecule has 0 fully saturated rings. The molecule has 15 heavy (non-hydrogen) atoms. The maximum absolute atomic E-state index is 12.5. The van der Waals surface area contributed by atoms with Gasteiger partial charge in [-0.15, -0.1) is 0 Å². The van der Waals surface area contributed by atoms with Gasteiger partial charge in [-0.05, 0) is 17.7 Å². The predicted octanol–water partition coefficient (Wildman–Crippen LogP) is 2.61. The lowest BCUT2D eigenvalue weighted by Gasteiger charge is -2.09. The summed E-state index contributed by atoms with van der Waals surface area (Å²) in [5.41, 5.74) is 0.407. The normalized spacial score (nSPS) is 12.0. The summed E-state index contributed by atoms with van der Waals surface area (Å²) >= 11 is 0. The van der Waals surface area contributed by atoms with Crippen molar-refractivity contribution < 1.29 is 23.0 Å². The van der Waals surface area contributed by atoms with Gasteiger partial charge in [-0.25, -0.2) is 4.39 Å². The first-order valence-corrected chi connectivity index (χ1v) is 4.16. The van der Waals surface area contributed by atoms with Crippen molar-refractivity contribution in [2.45, 2.75) is 6.10 Å². The summed E-state index contributed by atoms with van der Waals surface area (Å²) in [7, 11) is 0. The first-order chi connectivity index (χ1) is 7.09. The Kier molecular flexibility index (Phi) is 4.17. The molecule has 5 heteroatoms. The summed E-state index contributed by atoms with van der Waals surface area (Å²) in [6, 6.07) is 5.06. The molecule has 1 atom stereocenters. The van der Waals surface area contributed by atoms with Gasteiger partial charge in [0.05, 0.1) is 0 Å². The molecular weight excluding hydrogens is 209 g/mol. The zero-order chi connectivity index (χ0) is 11.3. The van der Waals surface area contributed by atoms with Crippen LogP contribution >= 0.6 is 0 Å². The summed E-state index contributed by atoms with van der Waals surface area (Å²) in [5.74, 6) is -0.429. The molecule has 1 aromatic rings. The van der Waals surface area contributed by atoms with E-state index in [1.807, 2.05) is 0 Å². The number of halogens is 3. The van der Waals surface area contributed by atoms with Gasteiger partial charge in [0.1, 0.15) is 24.8 Å². The van der Waals surface area contributed by atoms with Crippen LogP contribution in [0.2, 0.25) is 0 Å². The van der Waals surface area contributed by atoms with Gasteiger partial charge in [0.2, 0.25) is 0 Å². The number of ether oxygens (including phenoxy) is 1. The average Bonchev–Trinajstić information content (AvgIpc) is 2.18. The number of aliphatic hydroxyl groups is 1. The van der Waals surface area contributed by atoms with Gasteiger partial charge < -0.3 is 9.84 Å². The molecule has 1 unspecified atom stereocenters. The fourth-order valence-electron chi connectivity index (χ4n) is 0.983. The number of aliphatic hydroxyl groups excluding tert-OH is 1. The summed E-state index contributed by atoms with van der Waals surface area (Å²) < 4.78 is 40.0. The molecule has 82 valence electrons. The highest BCUT2D eigenvalue weighted by Crippen LogP contribution is 2.14. The van der Waals surface area contributed by atoms with E-state index in [1.54, 1.807) is 0 Å². The summed E-state index contributed by atoms with van der Waals surface area (Å²) in [5, 5.41) is 9.40. The molecule has 1 N–H and O–H groups in total. The van der Waals surface area contributed by atoms with E-state index in [0.717, 1.165) is 0 Å². The summed E-state index contributed by atoms with van der Waals surface area (Å²) in [4.78, 5) is 0. The van der Waals surface area contributed by atoms with Crippen LogP contribution in [0.25, 0.3) is 0 Å². The van der Waals surface area contributed by atoms with Gasteiger partial charge in [-0.3, -0.25) is 0 Å². The van der Waals surface area contributed by atoms with Crippen LogP contribution < -0.4 is 0 Å². The van der Waals surface area contributed by atoms with Crippen LogP contribution in [0.4, 0.5) is 13.2 Å². The molecule has 0 bridgehead atoms. The van der Waals surface area contributed by atoms with Crippen molar-refractivity contribution in [3.63, 3.8) is 0 Å². The molecule has 0 heterocycles. The second-order valence-corrected chi connectivity index (χ2v) is 2.81. The molecule has 0 aliphatic rings. The van der Waals surface area contributed by atoms with Gasteiger partial charge >= 0.3 is 6.08 Å². The lowest BCUT2D eigenvalue weighted by atomic mass is 10.1. The highest BCUT2D eigenvalue weighted by Gasteiger charge is 2.07. The zero-order valence-electron chi connectivity index (χ0n) is 7.66. The number of hydrogen-bond donors (Lipinski definition) is 1. The minimum absolute atomic E-state index is 0.257. The Balaban J connectivity index is 2.50. The topological polar surface area (TPSA) is 29.5 Å². The maximum Gasteiger partial charge on any atom is 0.304 e. The standard InChI is InChI=1S/C10H9F3O2/c11-8-3-1-7(2-4-8)9(14)5-15-6-10(12)13/h1-4,6,9,14H,5H2. The van der Waals surface area contributed by atoms with Gasteiger partial charge in [0, 0.05) is 0 Å². The fraction of sp³-hybridized carbons (Fsp3) is 0.200. The quantitative estimate of drug-likeness (QED) is 0.787. The second kappa shape index (κ2) is 5.41. The van der Waals surface area contributed by atoms with Crippen LogP contribution in [0.5, 0.6) is 0 Å². The largest absolute Gasteiger partial charge is 0.493 e. The van der Waals surface area contributed by atoms with Crippen molar-refractivity contribution in [3.8, 4) is 0 Å². The third kappa shape index (κ3) is 4.03. The van der Waals surface area contributed by atoms with Crippen LogP contribution in [0.3, 0.4) is 0 Å². The van der Waals surface area contributed by atoms with E-state index in [0.29, 0.717) is 5.56 Å². The minimum Gasteiger partial charge on any atom is -0.493 e. The molecule has 0 aromatic heterocycles. The lowest BCUT2D eigenvalue weighted by Crippen LogP contribution is -2.04. The van der Waals surface area contributed by atoms with E-state index in [1.165, 1.54) is 24.3 Å². The van der Waals surface area contributed by atoms with Gasteiger partial charge in [0.25, 0.3) is 0 Å². The highest BCUT2D eigenvalue weighted by molar-refractivity contribution is 5.18. The lowest BCUT2D eigenvalue weighted by molar-refractivity contribution is 0.0796. The predicted molar refractivity (Wildman–Crippen MR) is 47.6 cm³/mol. The van der Waals surface area contributed by atoms with Crippen LogP contribution in [0, 0.1) is 5.82 Å². The van der Waals surface area contributed by atoms with Crippen LogP contribution in [0.1, 0.15) is 11.7 Å². The average molecular weight is 218 g/mol. The van der Waals surface area contributed by atoms with E-state index in [2.05, 4.69) is 4.74 Å².